The number of carbonyl (C=O) groups is 2. The monoisotopic (exact) mass is 545 g/mol. The van der Waals surface area contributed by atoms with Gasteiger partial charge in [0.1, 0.15) is 11.6 Å². The van der Waals surface area contributed by atoms with Crippen LogP contribution in [-0.2, 0) is 27.2 Å². The Labute approximate surface area is 237 Å². The van der Waals surface area contributed by atoms with Crippen molar-refractivity contribution < 1.29 is 9.59 Å². The fourth-order valence-corrected chi connectivity index (χ4v) is 6.44. The standard InChI is InChI=1S/C31H43N7O2/c1-5-26(6-2)36-16-11-31(12-17-36)13-18-37(23-31)29(39)24-7-9-25(10-8-24)30(40)38(21-27-32-14-19-34(27)3)22-28-33-15-20-35(28)4/h7-10,14-15,19-20,26H,5-6,11-13,16-18,21-23H2,1-4H3. The number of benzene rings is 1. The van der Waals surface area contributed by atoms with E-state index in [9.17, 15) is 9.59 Å². The van der Waals surface area contributed by atoms with Crippen molar-refractivity contribution in [1.82, 2.24) is 33.8 Å². The molecule has 0 N–H and O–H groups in total. The van der Waals surface area contributed by atoms with Gasteiger partial charge >= 0.3 is 0 Å². The third-order valence-electron chi connectivity index (χ3n) is 9.22. The summed E-state index contributed by atoms with van der Waals surface area (Å²) < 4.78 is 3.83. The summed E-state index contributed by atoms with van der Waals surface area (Å²) in [4.78, 5) is 42.3. The Hall–Kier alpha value is -3.46. The quantitative estimate of drug-likeness (QED) is 0.404. The lowest BCUT2D eigenvalue weighted by Crippen LogP contribution is -2.46. The second-order valence-electron chi connectivity index (χ2n) is 11.6. The normalized spacial score (nSPS) is 17.2. The summed E-state index contributed by atoms with van der Waals surface area (Å²) in [7, 11) is 3.84. The molecule has 1 aromatic carbocycles. The van der Waals surface area contributed by atoms with Gasteiger partial charge in [0.25, 0.3) is 11.8 Å². The van der Waals surface area contributed by atoms with E-state index in [1.165, 1.54) is 25.7 Å². The van der Waals surface area contributed by atoms with E-state index >= 15 is 0 Å². The molecule has 5 rings (SSSR count). The maximum Gasteiger partial charge on any atom is 0.254 e. The molecule has 2 fully saturated rings. The highest BCUT2D eigenvalue weighted by Crippen LogP contribution is 2.41. The van der Waals surface area contributed by atoms with Gasteiger partial charge in [-0.1, -0.05) is 13.8 Å². The predicted molar refractivity (Wildman–Crippen MR) is 155 cm³/mol. The number of nitrogens with zero attached hydrogens (tertiary/aromatic N) is 7. The molecule has 2 saturated heterocycles. The maximum atomic E-state index is 13.6. The van der Waals surface area contributed by atoms with Crippen LogP contribution in [0.5, 0.6) is 0 Å². The second-order valence-corrected chi connectivity index (χ2v) is 11.6. The SMILES string of the molecule is CCC(CC)N1CCC2(CCN(C(=O)c3ccc(C(=O)N(Cc4nccn4C)Cc4nccn4C)cc3)C2)CC1. The fraction of sp³-hybridized carbons (Fsp3) is 0.548. The Kier molecular flexibility index (Phi) is 8.40. The van der Waals surface area contributed by atoms with E-state index in [1.54, 1.807) is 41.6 Å². The molecule has 2 aliphatic heterocycles. The number of amides is 2. The number of aryl methyl sites for hydroxylation is 2. The smallest absolute Gasteiger partial charge is 0.254 e. The van der Waals surface area contributed by atoms with Gasteiger partial charge in [0.05, 0.1) is 13.1 Å². The summed E-state index contributed by atoms with van der Waals surface area (Å²) in [5.41, 5.74) is 1.44. The third-order valence-corrected chi connectivity index (χ3v) is 9.22. The molecule has 2 aromatic heterocycles. The Morgan fingerprint density at radius 3 is 1.88 bits per heavy atom. The van der Waals surface area contributed by atoms with Crippen LogP contribution >= 0.6 is 0 Å². The van der Waals surface area contributed by atoms with Crippen LogP contribution in [0.25, 0.3) is 0 Å². The number of likely N-dealkylation sites (tertiary alicyclic amines) is 2. The van der Waals surface area contributed by atoms with Crippen LogP contribution in [-0.4, -0.2) is 77.8 Å². The first kappa shape index (κ1) is 28.1. The minimum absolute atomic E-state index is 0.0659. The van der Waals surface area contributed by atoms with Crippen molar-refractivity contribution in [3.63, 3.8) is 0 Å². The van der Waals surface area contributed by atoms with Crippen LogP contribution in [0, 0.1) is 5.41 Å². The van der Waals surface area contributed by atoms with Gasteiger partial charge < -0.3 is 23.8 Å². The maximum absolute atomic E-state index is 13.6. The van der Waals surface area contributed by atoms with Crippen molar-refractivity contribution >= 4 is 11.8 Å². The minimum Gasteiger partial charge on any atom is -0.338 e. The molecule has 2 aliphatic rings. The summed E-state index contributed by atoms with van der Waals surface area (Å²) in [5, 5.41) is 0. The van der Waals surface area contributed by atoms with Crippen molar-refractivity contribution in [2.45, 2.75) is 65.1 Å². The zero-order chi connectivity index (χ0) is 28.3. The van der Waals surface area contributed by atoms with Gasteiger partial charge in [0.2, 0.25) is 0 Å². The van der Waals surface area contributed by atoms with Crippen LogP contribution in [0.2, 0.25) is 0 Å². The van der Waals surface area contributed by atoms with Gasteiger partial charge in [-0.25, -0.2) is 9.97 Å². The molecular weight excluding hydrogens is 502 g/mol. The van der Waals surface area contributed by atoms with Gasteiger partial charge in [-0.3, -0.25) is 9.59 Å². The summed E-state index contributed by atoms with van der Waals surface area (Å²) in [6, 6.07) is 7.84. The first-order chi connectivity index (χ1) is 19.3. The van der Waals surface area contributed by atoms with E-state index in [0.717, 1.165) is 44.2 Å². The lowest BCUT2D eigenvalue weighted by molar-refractivity contribution is 0.0629. The summed E-state index contributed by atoms with van der Waals surface area (Å²) in [6.07, 6.45) is 13.0. The summed E-state index contributed by atoms with van der Waals surface area (Å²) in [6.45, 7) is 9.21. The van der Waals surface area contributed by atoms with Crippen LogP contribution in [0.15, 0.2) is 49.1 Å². The highest BCUT2D eigenvalue weighted by Gasteiger charge is 2.42. The minimum atomic E-state index is -0.116. The Morgan fingerprint density at radius 1 is 0.850 bits per heavy atom. The molecule has 9 heteroatoms. The second kappa shape index (κ2) is 12.0. The molecule has 9 nitrogen and oxygen atoms in total. The molecule has 0 unspecified atom stereocenters. The number of rotatable bonds is 9. The highest BCUT2D eigenvalue weighted by molar-refractivity contribution is 5.98. The number of aromatic nitrogens is 4. The molecule has 0 atom stereocenters. The van der Waals surface area contributed by atoms with E-state index in [0.29, 0.717) is 30.3 Å². The summed E-state index contributed by atoms with van der Waals surface area (Å²) in [5.74, 6) is 1.54. The Morgan fingerprint density at radius 2 is 1.38 bits per heavy atom. The van der Waals surface area contributed by atoms with E-state index in [-0.39, 0.29) is 17.2 Å². The molecular formula is C31H43N7O2. The average molecular weight is 546 g/mol. The van der Waals surface area contributed by atoms with Gasteiger partial charge in [0.15, 0.2) is 0 Å². The molecule has 0 aliphatic carbocycles. The molecule has 3 aromatic rings. The van der Waals surface area contributed by atoms with Gasteiger partial charge in [-0.2, -0.15) is 0 Å². The molecule has 1 spiro atoms. The first-order valence-electron chi connectivity index (χ1n) is 14.7. The fourth-order valence-electron chi connectivity index (χ4n) is 6.44. The van der Waals surface area contributed by atoms with Crippen molar-refractivity contribution in [2.75, 3.05) is 26.2 Å². The molecule has 4 heterocycles. The lowest BCUT2D eigenvalue weighted by Gasteiger charge is -2.42. The van der Waals surface area contributed by atoms with E-state index < -0.39 is 0 Å². The molecule has 40 heavy (non-hydrogen) atoms. The molecule has 0 saturated carbocycles. The molecule has 2 amide bonds. The van der Waals surface area contributed by atoms with Crippen LogP contribution in [0.1, 0.15) is 78.3 Å². The topological polar surface area (TPSA) is 79.5 Å². The number of hydrogen-bond acceptors (Lipinski definition) is 5. The number of piperidine rings is 1. The van der Waals surface area contributed by atoms with Crippen LogP contribution < -0.4 is 0 Å². The average Bonchev–Trinajstić information content (AvgIpc) is 3.70. The number of carbonyl (C=O) groups excluding carboxylic acids is 2. The number of imidazole rings is 2. The molecule has 214 valence electrons. The van der Waals surface area contributed by atoms with E-state index in [1.807, 2.05) is 40.5 Å². The highest BCUT2D eigenvalue weighted by atomic mass is 16.2. The van der Waals surface area contributed by atoms with Crippen molar-refractivity contribution in [2.24, 2.45) is 19.5 Å². The van der Waals surface area contributed by atoms with E-state index in [2.05, 4.69) is 28.7 Å². The van der Waals surface area contributed by atoms with Gasteiger partial charge in [-0.15, -0.1) is 0 Å². The van der Waals surface area contributed by atoms with Gasteiger partial charge in [0, 0.05) is 69.1 Å². The van der Waals surface area contributed by atoms with Crippen molar-refractivity contribution in [3.8, 4) is 0 Å². The third kappa shape index (κ3) is 5.84. The lowest BCUT2D eigenvalue weighted by atomic mass is 9.77. The van der Waals surface area contributed by atoms with Crippen molar-refractivity contribution in [1.29, 1.82) is 0 Å². The molecule has 0 bridgehead atoms. The summed E-state index contributed by atoms with van der Waals surface area (Å²) >= 11 is 0. The zero-order valence-electron chi connectivity index (χ0n) is 24.4. The van der Waals surface area contributed by atoms with Crippen molar-refractivity contribution in [3.05, 3.63) is 71.8 Å². The van der Waals surface area contributed by atoms with Crippen LogP contribution in [0.3, 0.4) is 0 Å². The number of hydrogen-bond donors (Lipinski definition) is 0. The Balaban J connectivity index is 1.24. The molecule has 0 radical (unpaired) electrons. The van der Waals surface area contributed by atoms with E-state index in [4.69, 9.17) is 0 Å². The predicted octanol–water partition coefficient (Wildman–Crippen LogP) is 4.11. The van der Waals surface area contributed by atoms with Crippen LogP contribution in [0.4, 0.5) is 0 Å². The first-order valence-corrected chi connectivity index (χ1v) is 14.7. The largest absolute Gasteiger partial charge is 0.338 e. The zero-order valence-corrected chi connectivity index (χ0v) is 24.4. The Bertz CT molecular complexity index is 1260. The van der Waals surface area contributed by atoms with Gasteiger partial charge in [-0.05, 0) is 74.9 Å².